The van der Waals surface area contributed by atoms with E-state index in [1.165, 1.54) is 5.56 Å². The molecule has 3 aliphatic rings. The number of ether oxygens (including phenoxy) is 2. The van der Waals surface area contributed by atoms with Gasteiger partial charge in [0.25, 0.3) is 0 Å². The molecule has 3 heterocycles. The summed E-state index contributed by atoms with van der Waals surface area (Å²) in [6.45, 7) is 6.36. The minimum absolute atomic E-state index is 0.0849. The topological polar surface area (TPSA) is 128 Å². The number of benzene rings is 2. The maximum Gasteiger partial charge on any atom is 0.225 e. The number of thioether (sulfide) groups is 1. The Hall–Kier alpha value is -3.05. The van der Waals surface area contributed by atoms with Crippen LogP contribution in [0.2, 0.25) is 0 Å². The van der Waals surface area contributed by atoms with Crippen molar-refractivity contribution in [2.24, 2.45) is 4.99 Å². The molecule has 1 fully saturated rings. The van der Waals surface area contributed by atoms with Crippen LogP contribution in [0.5, 0.6) is 11.5 Å². The van der Waals surface area contributed by atoms with Crippen LogP contribution < -0.4 is 20.1 Å². The first-order valence-electron chi connectivity index (χ1n) is 15.7. The van der Waals surface area contributed by atoms with Crippen molar-refractivity contribution in [1.82, 2.24) is 10.3 Å². The van der Waals surface area contributed by atoms with Crippen molar-refractivity contribution in [3.8, 4) is 11.5 Å². The third-order valence-electron chi connectivity index (χ3n) is 9.21. The normalized spacial score (nSPS) is 19.0. The molecular formula is C34H46N4O5S. The molecule has 238 valence electrons. The number of aromatic amines is 1. The highest BCUT2D eigenvalue weighted by molar-refractivity contribution is 8.14. The Labute approximate surface area is 264 Å². The standard InChI is InChI=1S/C33H42N4O4S.CH4O/c1-3-32(2,16-22-18-35-31-24(22)8-6-11-27(31)41-21-29-34-14-15-42-29)36-19-23(38)20-40-26-10-7-9-25-30(26)33(12-4-5-13-33)17-28(39)37-25;1-2/h6-11,18,23,35-36,38H,3-5,12-17,19-21H2,1-2H3,(H,37,39);2H,1H3. The fraction of sp³-hybridized carbons (Fsp3) is 0.529. The molecule has 5 N–H and O–H groups in total. The summed E-state index contributed by atoms with van der Waals surface area (Å²) in [7, 11) is 1.00. The minimum atomic E-state index is -0.677. The van der Waals surface area contributed by atoms with E-state index in [1.54, 1.807) is 11.8 Å². The molecule has 1 aromatic heterocycles. The zero-order valence-electron chi connectivity index (χ0n) is 26.1. The first-order valence-corrected chi connectivity index (χ1v) is 16.7. The number of aliphatic hydroxyl groups is 2. The molecule has 10 heteroatoms. The fourth-order valence-corrected chi connectivity index (χ4v) is 7.51. The number of aliphatic imine (C=N–C) groups is 1. The van der Waals surface area contributed by atoms with E-state index in [2.05, 4.69) is 46.7 Å². The molecule has 0 bridgehead atoms. The first-order chi connectivity index (χ1) is 21.4. The molecule has 1 amide bonds. The van der Waals surface area contributed by atoms with E-state index in [0.29, 0.717) is 19.6 Å². The third-order valence-corrected chi connectivity index (χ3v) is 10.2. The SMILES string of the molecule is CCC(C)(Cc1c[nH]c2c(OCC3=NCCS3)cccc12)NCC(O)COc1cccc2c1C1(CCCC1)CC(=O)N2.CO. The maximum atomic E-state index is 12.4. The van der Waals surface area contributed by atoms with Gasteiger partial charge in [-0.3, -0.25) is 9.79 Å². The molecule has 2 unspecified atom stereocenters. The van der Waals surface area contributed by atoms with Crippen LogP contribution in [0, 0.1) is 0 Å². The number of para-hydroxylation sites is 1. The number of fused-ring (bicyclic) bond motifs is 3. The van der Waals surface area contributed by atoms with Gasteiger partial charge in [-0.25, -0.2) is 0 Å². The van der Waals surface area contributed by atoms with Gasteiger partial charge >= 0.3 is 0 Å². The highest BCUT2D eigenvalue weighted by Gasteiger charge is 2.44. The number of β-amino-alcohol motifs (C(OH)–C–C–N with tert-alkyl or cyclic N) is 1. The summed E-state index contributed by atoms with van der Waals surface area (Å²) < 4.78 is 12.4. The lowest BCUT2D eigenvalue weighted by atomic mass is 9.72. The zero-order chi connectivity index (χ0) is 31.2. The van der Waals surface area contributed by atoms with Gasteiger partial charge in [-0.05, 0) is 56.4 Å². The number of anilines is 1. The van der Waals surface area contributed by atoms with E-state index in [0.717, 1.165) is 96.6 Å². The van der Waals surface area contributed by atoms with Gasteiger partial charge in [0.05, 0.1) is 5.52 Å². The van der Waals surface area contributed by atoms with Gasteiger partial charge in [0.15, 0.2) is 0 Å². The highest BCUT2D eigenvalue weighted by atomic mass is 32.2. The van der Waals surface area contributed by atoms with Crippen LogP contribution in [0.25, 0.3) is 10.9 Å². The van der Waals surface area contributed by atoms with E-state index in [9.17, 15) is 9.90 Å². The van der Waals surface area contributed by atoms with Gasteiger partial charge in [-0.2, -0.15) is 0 Å². The average Bonchev–Trinajstić information content (AvgIpc) is 3.82. The average molecular weight is 623 g/mol. The van der Waals surface area contributed by atoms with Gasteiger partial charge in [0, 0.05) is 66.2 Å². The monoisotopic (exact) mass is 622 g/mol. The van der Waals surface area contributed by atoms with Gasteiger partial charge in [-0.1, -0.05) is 38.0 Å². The predicted molar refractivity (Wildman–Crippen MR) is 178 cm³/mol. The Morgan fingerprint density at radius 2 is 1.91 bits per heavy atom. The van der Waals surface area contributed by atoms with Crippen LogP contribution >= 0.6 is 11.8 Å². The van der Waals surface area contributed by atoms with Gasteiger partial charge in [0.2, 0.25) is 5.91 Å². The predicted octanol–water partition coefficient (Wildman–Crippen LogP) is 5.20. The molecular weight excluding hydrogens is 576 g/mol. The number of amides is 1. The summed E-state index contributed by atoms with van der Waals surface area (Å²) in [6.07, 6.45) is 7.87. The summed E-state index contributed by atoms with van der Waals surface area (Å²) in [5, 5.41) is 26.8. The van der Waals surface area contributed by atoms with Crippen LogP contribution in [0.1, 0.15) is 63.5 Å². The number of carbonyl (C=O) groups excluding carboxylic acids is 1. The van der Waals surface area contributed by atoms with E-state index in [1.807, 2.05) is 30.3 Å². The number of rotatable bonds is 12. The highest BCUT2D eigenvalue weighted by Crippen LogP contribution is 2.52. The molecule has 3 aromatic rings. The number of hydrogen-bond donors (Lipinski definition) is 5. The number of nitrogens with zero attached hydrogens (tertiary/aromatic N) is 1. The molecule has 1 saturated carbocycles. The molecule has 1 aliphatic carbocycles. The number of carbonyl (C=O) groups is 1. The van der Waals surface area contributed by atoms with Crippen molar-refractivity contribution in [2.75, 3.05) is 44.5 Å². The number of aromatic nitrogens is 1. The minimum Gasteiger partial charge on any atom is -0.490 e. The molecule has 44 heavy (non-hydrogen) atoms. The smallest absolute Gasteiger partial charge is 0.225 e. The van der Waals surface area contributed by atoms with Crippen molar-refractivity contribution in [3.05, 3.63) is 53.7 Å². The summed E-state index contributed by atoms with van der Waals surface area (Å²) >= 11 is 1.77. The Kier molecular flexibility index (Phi) is 10.6. The Morgan fingerprint density at radius 1 is 1.14 bits per heavy atom. The second kappa shape index (κ2) is 14.4. The van der Waals surface area contributed by atoms with Crippen molar-refractivity contribution in [1.29, 1.82) is 0 Å². The second-order valence-corrected chi connectivity index (χ2v) is 13.4. The fourth-order valence-electron chi connectivity index (χ4n) is 6.77. The summed E-state index contributed by atoms with van der Waals surface area (Å²) in [6, 6.07) is 12.0. The van der Waals surface area contributed by atoms with Crippen molar-refractivity contribution in [3.63, 3.8) is 0 Å². The molecule has 0 saturated heterocycles. The number of aliphatic hydroxyl groups excluding tert-OH is 2. The van der Waals surface area contributed by atoms with E-state index in [4.69, 9.17) is 14.6 Å². The Morgan fingerprint density at radius 3 is 2.66 bits per heavy atom. The number of nitrogens with one attached hydrogen (secondary N) is 3. The third kappa shape index (κ3) is 7.09. The largest absolute Gasteiger partial charge is 0.490 e. The lowest BCUT2D eigenvalue weighted by Crippen LogP contribution is -2.48. The van der Waals surface area contributed by atoms with Crippen molar-refractivity contribution < 1.29 is 24.5 Å². The summed E-state index contributed by atoms with van der Waals surface area (Å²) in [5.41, 5.74) is 3.82. The quantitative estimate of drug-likeness (QED) is 0.188. The van der Waals surface area contributed by atoms with E-state index in [-0.39, 0.29) is 23.5 Å². The molecule has 2 atom stereocenters. The van der Waals surface area contributed by atoms with E-state index < -0.39 is 6.10 Å². The maximum absolute atomic E-state index is 12.4. The molecule has 2 aliphatic heterocycles. The van der Waals surface area contributed by atoms with Gasteiger partial charge in [-0.15, -0.1) is 11.8 Å². The van der Waals surface area contributed by atoms with Crippen LogP contribution in [-0.4, -0.2) is 77.0 Å². The Bertz CT molecular complexity index is 1470. The molecule has 2 aromatic carbocycles. The zero-order valence-corrected chi connectivity index (χ0v) is 26.9. The molecule has 1 spiro atoms. The Balaban J connectivity index is 0.00000188. The van der Waals surface area contributed by atoms with Gasteiger partial charge < -0.3 is 35.3 Å². The first kappa shape index (κ1) is 32.3. The lowest BCUT2D eigenvalue weighted by Gasteiger charge is -2.36. The second-order valence-electron chi connectivity index (χ2n) is 12.2. The van der Waals surface area contributed by atoms with Crippen molar-refractivity contribution >= 4 is 39.3 Å². The van der Waals surface area contributed by atoms with E-state index >= 15 is 0 Å². The molecule has 0 radical (unpaired) electrons. The van der Waals surface area contributed by atoms with Crippen LogP contribution in [-0.2, 0) is 16.6 Å². The number of hydrogen-bond acceptors (Lipinski definition) is 8. The lowest BCUT2D eigenvalue weighted by molar-refractivity contribution is -0.117. The summed E-state index contributed by atoms with van der Waals surface area (Å²) in [4.78, 5) is 20.4. The molecule has 9 nitrogen and oxygen atoms in total. The van der Waals surface area contributed by atoms with Crippen LogP contribution in [0.15, 0.2) is 47.6 Å². The van der Waals surface area contributed by atoms with Crippen LogP contribution in [0.3, 0.4) is 0 Å². The van der Waals surface area contributed by atoms with Crippen LogP contribution in [0.4, 0.5) is 5.69 Å². The molecule has 6 rings (SSSR count). The van der Waals surface area contributed by atoms with Gasteiger partial charge in [0.1, 0.15) is 35.9 Å². The number of H-pyrrole nitrogens is 1. The van der Waals surface area contributed by atoms with Crippen molar-refractivity contribution in [2.45, 2.75) is 75.9 Å². The summed E-state index contributed by atoms with van der Waals surface area (Å²) in [5.74, 6) is 2.74.